The summed E-state index contributed by atoms with van der Waals surface area (Å²) in [5.41, 5.74) is 1.76. The molecule has 2 aromatic carbocycles. The van der Waals surface area contributed by atoms with E-state index in [-0.39, 0.29) is 5.78 Å². The van der Waals surface area contributed by atoms with Crippen molar-refractivity contribution in [1.82, 2.24) is 0 Å². The first kappa shape index (κ1) is 13.8. The lowest BCUT2D eigenvalue weighted by molar-refractivity contribution is 0.104. The van der Waals surface area contributed by atoms with E-state index in [0.29, 0.717) is 11.3 Å². The third kappa shape index (κ3) is 2.67. The van der Waals surface area contributed by atoms with Crippen LogP contribution in [0.2, 0.25) is 0 Å². The lowest BCUT2D eigenvalue weighted by Crippen LogP contribution is -2.11. The smallest absolute Gasteiger partial charge is 0.188 e. The number of carbonyl (C=O) groups excluding carboxylic acids is 1. The van der Waals surface area contributed by atoms with E-state index < -0.39 is 0 Å². The van der Waals surface area contributed by atoms with Crippen molar-refractivity contribution in [1.29, 1.82) is 0 Å². The van der Waals surface area contributed by atoms with Crippen LogP contribution >= 0.6 is 11.8 Å². The Morgan fingerprint density at radius 1 is 1.19 bits per heavy atom. The molecule has 3 rings (SSSR count). The highest BCUT2D eigenvalue weighted by Gasteiger charge is 2.22. The van der Waals surface area contributed by atoms with Gasteiger partial charge in [-0.05, 0) is 24.3 Å². The Balaban J connectivity index is 1.88. The van der Waals surface area contributed by atoms with Crippen LogP contribution in [-0.2, 0) is 0 Å². The summed E-state index contributed by atoms with van der Waals surface area (Å²) in [6, 6.07) is 15.3. The highest BCUT2D eigenvalue weighted by Crippen LogP contribution is 2.44. The van der Waals surface area contributed by atoms with E-state index in [0.717, 1.165) is 10.7 Å². The number of nitrogens with zero attached hydrogens (tertiary/aromatic N) is 1. The Morgan fingerprint density at radius 3 is 2.76 bits per heavy atom. The first-order valence-corrected chi connectivity index (χ1v) is 7.41. The third-order valence-corrected chi connectivity index (χ3v) is 4.55. The normalized spacial score (nSPS) is 15.1. The molecule has 0 saturated carbocycles. The zero-order chi connectivity index (χ0) is 14.8. The molecule has 0 fully saturated rings. The molecule has 0 spiro atoms. The van der Waals surface area contributed by atoms with Gasteiger partial charge in [-0.25, -0.2) is 0 Å². The molecule has 1 aliphatic rings. The largest absolute Gasteiger partial charge is 0.497 e. The molecule has 0 bridgehead atoms. The van der Waals surface area contributed by atoms with Gasteiger partial charge in [0.25, 0.3) is 0 Å². The zero-order valence-electron chi connectivity index (χ0n) is 11.9. The lowest BCUT2D eigenvalue weighted by Gasteiger charge is -2.13. The summed E-state index contributed by atoms with van der Waals surface area (Å²) < 4.78 is 5.16. The van der Waals surface area contributed by atoms with Crippen LogP contribution in [0.25, 0.3) is 0 Å². The van der Waals surface area contributed by atoms with E-state index in [1.165, 1.54) is 4.90 Å². The van der Waals surface area contributed by atoms with Gasteiger partial charge in [-0.1, -0.05) is 36.0 Å². The average molecular weight is 297 g/mol. The molecule has 1 aliphatic heterocycles. The number of methoxy groups -OCH3 is 1. The second-order valence-corrected chi connectivity index (χ2v) is 5.77. The Bertz CT molecular complexity index is 724. The minimum atomic E-state index is -0.0175. The van der Waals surface area contributed by atoms with Gasteiger partial charge in [0.2, 0.25) is 0 Å². The number of anilines is 1. The van der Waals surface area contributed by atoms with Crippen LogP contribution in [-0.4, -0.2) is 19.9 Å². The van der Waals surface area contributed by atoms with Crippen LogP contribution in [0, 0.1) is 0 Å². The highest BCUT2D eigenvalue weighted by atomic mass is 32.2. The predicted octanol–water partition coefficient (Wildman–Crippen LogP) is 3.96. The summed E-state index contributed by atoms with van der Waals surface area (Å²) in [5, 5.41) is 0.934. The number of benzene rings is 2. The SMILES string of the molecule is COc1cccc(C(=O)C=C2Sc3ccccc3N2C)c1. The molecule has 4 heteroatoms. The molecule has 0 saturated heterocycles. The van der Waals surface area contributed by atoms with Gasteiger partial charge in [-0.3, -0.25) is 4.79 Å². The molecule has 2 aromatic rings. The van der Waals surface area contributed by atoms with Gasteiger partial charge in [0.15, 0.2) is 5.78 Å². The summed E-state index contributed by atoms with van der Waals surface area (Å²) in [6.45, 7) is 0. The van der Waals surface area contributed by atoms with E-state index in [1.807, 2.05) is 36.2 Å². The topological polar surface area (TPSA) is 29.5 Å². The average Bonchev–Trinajstić information content (AvgIpc) is 2.84. The van der Waals surface area contributed by atoms with Crippen molar-refractivity contribution >= 4 is 23.2 Å². The molecule has 3 nitrogen and oxygen atoms in total. The maximum Gasteiger partial charge on any atom is 0.188 e. The molecule has 0 atom stereocenters. The zero-order valence-corrected chi connectivity index (χ0v) is 12.7. The maximum absolute atomic E-state index is 12.4. The number of fused-ring (bicyclic) bond motifs is 1. The molecule has 0 amide bonds. The quantitative estimate of drug-likeness (QED) is 0.633. The summed E-state index contributed by atoms with van der Waals surface area (Å²) in [5.74, 6) is 0.672. The van der Waals surface area contributed by atoms with Crippen LogP contribution in [0.3, 0.4) is 0 Å². The van der Waals surface area contributed by atoms with E-state index in [4.69, 9.17) is 4.74 Å². The molecule has 0 radical (unpaired) electrons. The van der Waals surface area contributed by atoms with E-state index >= 15 is 0 Å². The number of allylic oxidation sites excluding steroid dienone is 1. The molecule has 0 aliphatic carbocycles. The fourth-order valence-electron chi connectivity index (χ4n) is 2.22. The van der Waals surface area contributed by atoms with Crippen molar-refractivity contribution in [3.05, 3.63) is 65.2 Å². The maximum atomic E-state index is 12.4. The van der Waals surface area contributed by atoms with Crippen LogP contribution in [0.5, 0.6) is 5.75 Å². The number of thioether (sulfide) groups is 1. The highest BCUT2D eigenvalue weighted by molar-refractivity contribution is 8.03. The van der Waals surface area contributed by atoms with Crippen molar-refractivity contribution in [2.24, 2.45) is 0 Å². The summed E-state index contributed by atoms with van der Waals surface area (Å²) in [6.07, 6.45) is 1.68. The van der Waals surface area contributed by atoms with E-state index in [9.17, 15) is 4.79 Å². The van der Waals surface area contributed by atoms with Crippen molar-refractivity contribution in [2.45, 2.75) is 4.90 Å². The van der Waals surface area contributed by atoms with Gasteiger partial charge in [0.1, 0.15) is 5.75 Å². The summed E-state index contributed by atoms with van der Waals surface area (Å²) >= 11 is 1.61. The number of hydrogen-bond donors (Lipinski definition) is 0. The monoisotopic (exact) mass is 297 g/mol. The van der Waals surface area contributed by atoms with Gasteiger partial charge in [-0.2, -0.15) is 0 Å². The van der Waals surface area contributed by atoms with Gasteiger partial charge in [-0.15, -0.1) is 0 Å². The minimum absolute atomic E-state index is 0.0175. The number of ketones is 1. The number of hydrogen-bond acceptors (Lipinski definition) is 4. The van der Waals surface area contributed by atoms with Crippen LogP contribution < -0.4 is 9.64 Å². The predicted molar refractivity (Wildman–Crippen MR) is 86.1 cm³/mol. The summed E-state index contributed by atoms with van der Waals surface area (Å²) in [4.78, 5) is 15.6. The Kier molecular flexibility index (Phi) is 3.71. The first-order chi connectivity index (χ1) is 10.2. The first-order valence-electron chi connectivity index (χ1n) is 6.60. The molecule has 0 aromatic heterocycles. The number of para-hydroxylation sites is 1. The van der Waals surface area contributed by atoms with Gasteiger partial charge in [0, 0.05) is 23.6 Å². The third-order valence-electron chi connectivity index (χ3n) is 3.38. The standard InChI is InChI=1S/C17H15NO2S/c1-18-14-8-3-4-9-16(14)21-17(18)11-15(19)12-6-5-7-13(10-12)20-2/h3-11H,1-2H3. The van der Waals surface area contributed by atoms with Crippen molar-refractivity contribution in [2.75, 3.05) is 19.1 Å². The lowest BCUT2D eigenvalue weighted by atomic mass is 10.1. The van der Waals surface area contributed by atoms with Crippen LogP contribution in [0.15, 0.2) is 64.5 Å². The molecular weight excluding hydrogens is 282 g/mol. The molecule has 0 unspecified atom stereocenters. The van der Waals surface area contributed by atoms with Gasteiger partial charge < -0.3 is 9.64 Å². The molecule has 21 heavy (non-hydrogen) atoms. The van der Waals surface area contributed by atoms with Crippen LogP contribution in [0.4, 0.5) is 5.69 Å². The van der Waals surface area contributed by atoms with Gasteiger partial charge >= 0.3 is 0 Å². The number of rotatable bonds is 3. The fourth-order valence-corrected chi connectivity index (χ4v) is 3.30. The number of ether oxygens (including phenoxy) is 1. The van der Waals surface area contributed by atoms with Crippen molar-refractivity contribution in [3.63, 3.8) is 0 Å². The van der Waals surface area contributed by atoms with Gasteiger partial charge in [0.05, 0.1) is 17.8 Å². The Morgan fingerprint density at radius 2 is 2.00 bits per heavy atom. The Hall–Kier alpha value is -2.20. The second-order valence-electron chi connectivity index (χ2n) is 4.71. The number of carbonyl (C=O) groups is 1. The van der Waals surface area contributed by atoms with E-state index in [2.05, 4.69) is 12.1 Å². The fraction of sp³-hybridized carbons (Fsp3) is 0.118. The minimum Gasteiger partial charge on any atom is -0.497 e. The molecule has 106 valence electrons. The molecule has 0 N–H and O–H groups in total. The van der Waals surface area contributed by atoms with E-state index in [1.54, 1.807) is 37.1 Å². The Labute approximate surface area is 128 Å². The van der Waals surface area contributed by atoms with Crippen LogP contribution in [0.1, 0.15) is 10.4 Å². The molecular formula is C17H15NO2S. The summed E-state index contributed by atoms with van der Waals surface area (Å²) in [7, 11) is 3.57. The van der Waals surface area contributed by atoms with Crippen molar-refractivity contribution < 1.29 is 9.53 Å². The second kappa shape index (κ2) is 5.66. The van der Waals surface area contributed by atoms with Crippen molar-refractivity contribution in [3.8, 4) is 5.75 Å². The molecule has 1 heterocycles.